The summed E-state index contributed by atoms with van der Waals surface area (Å²) in [5.41, 5.74) is 1.44. The van der Waals surface area contributed by atoms with Crippen molar-refractivity contribution in [3.05, 3.63) is 35.9 Å². The fourth-order valence-corrected chi connectivity index (χ4v) is 3.48. The Morgan fingerprint density at radius 3 is 2.25 bits per heavy atom. The second-order valence-electron chi connectivity index (χ2n) is 7.06. The van der Waals surface area contributed by atoms with Gasteiger partial charge in [-0.25, -0.2) is 0 Å². The molecule has 4 heteroatoms. The molecular weight excluding hydrogens is 296 g/mol. The third-order valence-corrected chi connectivity index (χ3v) is 4.96. The van der Waals surface area contributed by atoms with E-state index in [-0.39, 0.29) is 0 Å². The summed E-state index contributed by atoms with van der Waals surface area (Å²) in [5, 5.41) is 7.17. The molecule has 1 aromatic rings. The summed E-state index contributed by atoms with van der Waals surface area (Å²) < 4.78 is 0. The van der Waals surface area contributed by atoms with E-state index in [1.165, 1.54) is 44.3 Å². The lowest BCUT2D eigenvalue weighted by atomic mass is 10.0. The topological polar surface area (TPSA) is 30.5 Å². The van der Waals surface area contributed by atoms with Gasteiger partial charge in [0.25, 0.3) is 0 Å². The first-order valence-corrected chi connectivity index (χ1v) is 9.62. The van der Waals surface area contributed by atoms with E-state index in [0.717, 1.165) is 32.7 Å². The summed E-state index contributed by atoms with van der Waals surface area (Å²) >= 11 is 0. The van der Waals surface area contributed by atoms with Gasteiger partial charge in [0.2, 0.25) is 0 Å². The zero-order chi connectivity index (χ0) is 17.0. The summed E-state index contributed by atoms with van der Waals surface area (Å²) in [6.45, 7) is 7.99. The number of hydrogen-bond acceptors (Lipinski definition) is 4. The van der Waals surface area contributed by atoms with Crippen molar-refractivity contribution >= 4 is 0 Å². The minimum Gasteiger partial charge on any atom is -0.317 e. The Bertz CT molecular complexity index is 423. The van der Waals surface area contributed by atoms with Crippen molar-refractivity contribution in [3.8, 4) is 0 Å². The maximum absolute atomic E-state index is 3.62. The zero-order valence-corrected chi connectivity index (χ0v) is 15.6. The standard InChI is InChI=1S/C20H36N4/c1-23-16-7-14-21-12-6-13-22-15-11-20(24(2)18-8-17-23)19-9-4-3-5-10-19/h3-5,9-10,20-22H,6-8,11-18H2,1-2H3. The highest BCUT2D eigenvalue weighted by Gasteiger charge is 2.16. The Kier molecular flexibility index (Phi) is 9.36. The second kappa shape index (κ2) is 11.6. The van der Waals surface area contributed by atoms with Crippen molar-refractivity contribution in [3.63, 3.8) is 0 Å². The summed E-state index contributed by atoms with van der Waals surface area (Å²) in [4.78, 5) is 5.01. The molecule has 0 spiro atoms. The molecule has 1 heterocycles. The van der Waals surface area contributed by atoms with Crippen LogP contribution in [-0.4, -0.2) is 69.7 Å². The molecule has 0 aromatic heterocycles. The van der Waals surface area contributed by atoms with Gasteiger partial charge < -0.3 is 15.5 Å². The van der Waals surface area contributed by atoms with Crippen LogP contribution in [0.25, 0.3) is 0 Å². The summed E-state index contributed by atoms with van der Waals surface area (Å²) in [7, 11) is 4.53. The van der Waals surface area contributed by atoms with Gasteiger partial charge in [-0.1, -0.05) is 30.3 Å². The number of hydrogen-bond donors (Lipinski definition) is 2. The van der Waals surface area contributed by atoms with Crippen molar-refractivity contribution in [2.75, 3.05) is 59.9 Å². The van der Waals surface area contributed by atoms with Gasteiger partial charge in [0.05, 0.1) is 0 Å². The molecule has 136 valence electrons. The maximum Gasteiger partial charge on any atom is 0.0357 e. The van der Waals surface area contributed by atoms with Crippen molar-refractivity contribution in [2.24, 2.45) is 0 Å². The van der Waals surface area contributed by atoms with Crippen LogP contribution in [-0.2, 0) is 0 Å². The lowest BCUT2D eigenvalue weighted by molar-refractivity contribution is 0.212. The summed E-state index contributed by atoms with van der Waals surface area (Å²) in [5.74, 6) is 0. The molecule has 0 amide bonds. The number of nitrogens with zero attached hydrogens (tertiary/aromatic N) is 2. The molecule has 1 aliphatic rings. The summed E-state index contributed by atoms with van der Waals surface area (Å²) in [6.07, 6.45) is 4.86. The van der Waals surface area contributed by atoms with Gasteiger partial charge in [0, 0.05) is 6.04 Å². The van der Waals surface area contributed by atoms with Crippen LogP contribution in [0.4, 0.5) is 0 Å². The van der Waals surface area contributed by atoms with Gasteiger partial charge >= 0.3 is 0 Å². The van der Waals surface area contributed by atoms with Gasteiger partial charge in [-0.2, -0.15) is 0 Å². The molecule has 0 bridgehead atoms. The van der Waals surface area contributed by atoms with Crippen molar-refractivity contribution in [2.45, 2.75) is 31.7 Å². The Balaban J connectivity index is 1.93. The molecule has 2 N–H and O–H groups in total. The van der Waals surface area contributed by atoms with E-state index in [4.69, 9.17) is 0 Å². The van der Waals surface area contributed by atoms with E-state index in [1.807, 2.05) is 0 Å². The molecule has 1 aliphatic heterocycles. The normalized spacial score (nSPS) is 24.7. The first kappa shape index (κ1) is 19.4. The minimum atomic E-state index is 0.509. The molecule has 0 aliphatic carbocycles. The van der Waals surface area contributed by atoms with Crippen LogP contribution >= 0.6 is 0 Å². The predicted molar refractivity (Wildman–Crippen MR) is 104 cm³/mol. The zero-order valence-electron chi connectivity index (χ0n) is 15.6. The van der Waals surface area contributed by atoms with Gasteiger partial charge in [-0.05, 0) is 91.2 Å². The molecule has 4 nitrogen and oxygen atoms in total. The first-order valence-electron chi connectivity index (χ1n) is 9.62. The molecule has 1 saturated heterocycles. The van der Waals surface area contributed by atoms with E-state index >= 15 is 0 Å². The Labute approximate surface area is 148 Å². The lowest BCUT2D eigenvalue weighted by Gasteiger charge is -2.29. The number of benzene rings is 1. The molecule has 0 radical (unpaired) electrons. The van der Waals surface area contributed by atoms with Crippen molar-refractivity contribution in [1.82, 2.24) is 20.4 Å². The Morgan fingerprint density at radius 1 is 0.792 bits per heavy atom. The third kappa shape index (κ3) is 7.31. The first-order chi connectivity index (χ1) is 11.8. The average molecular weight is 333 g/mol. The molecule has 0 saturated carbocycles. The van der Waals surface area contributed by atoms with Crippen LogP contribution in [0.5, 0.6) is 0 Å². The third-order valence-electron chi connectivity index (χ3n) is 4.96. The summed E-state index contributed by atoms with van der Waals surface area (Å²) in [6, 6.07) is 11.5. The fraction of sp³-hybridized carbons (Fsp3) is 0.700. The Hall–Kier alpha value is -0.940. The molecule has 24 heavy (non-hydrogen) atoms. The maximum atomic E-state index is 3.62. The van der Waals surface area contributed by atoms with Crippen LogP contribution in [0.3, 0.4) is 0 Å². The largest absolute Gasteiger partial charge is 0.317 e. The van der Waals surface area contributed by atoms with Crippen molar-refractivity contribution < 1.29 is 0 Å². The van der Waals surface area contributed by atoms with Crippen LogP contribution < -0.4 is 10.6 Å². The quantitative estimate of drug-likeness (QED) is 0.826. The van der Waals surface area contributed by atoms with Gasteiger partial charge in [0.1, 0.15) is 0 Å². The number of nitrogens with one attached hydrogen (secondary N) is 2. The second-order valence-corrected chi connectivity index (χ2v) is 7.06. The molecule has 1 atom stereocenters. The molecular formula is C20H36N4. The van der Waals surface area contributed by atoms with Gasteiger partial charge in [0.15, 0.2) is 0 Å². The molecule has 1 aromatic carbocycles. The molecule has 1 unspecified atom stereocenters. The number of rotatable bonds is 1. The van der Waals surface area contributed by atoms with Crippen LogP contribution in [0.15, 0.2) is 30.3 Å². The van der Waals surface area contributed by atoms with E-state index in [2.05, 4.69) is 64.9 Å². The minimum absolute atomic E-state index is 0.509. The van der Waals surface area contributed by atoms with Gasteiger partial charge in [-0.3, -0.25) is 4.90 Å². The lowest BCUT2D eigenvalue weighted by Crippen LogP contribution is -2.33. The SMILES string of the molecule is CN1CCCNCCCNCCC(c2ccccc2)N(C)CCC1. The van der Waals surface area contributed by atoms with E-state index < -0.39 is 0 Å². The highest BCUT2D eigenvalue weighted by Crippen LogP contribution is 2.22. The monoisotopic (exact) mass is 332 g/mol. The smallest absolute Gasteiger partial charge is 0.0357 e. The molecule has 2 rings (SSSR count). The van der Waals surface area contributed by atoms with E-state index in [0.29, 0.717) is 6.04 Å². The highest BCUT2D eigenvalue weighted by molar-refractivity contribution is 5.19. The average Bonchev–Trinajstić information content (AvgIpc) is 2.59. The molecule has 1 fully saturated rings. The predicted octanol–water partition coefficient (Wildman–Crippen LogP) is 2.34. The van der Waals surface area contributed by atoms with Crippen molar-refractivity contribution in [1.29, 1.82) is 0 Å². The highest BCUT2D eigenvalue weighted by atomic mass is 15.1. The van der Waals surface area contributed by atoms with E-state index in [9.17, 15) is 0 Å². The van der Waals surface area contributed by atoms with Crippen LogP contribution in [0.2, 0.25) is 0 Å². The van der Waals surface area contributed by atoms with Crippen LogP contribution in [0, 0.1) is 0 Å². The van der Waals surface area contributed by atoms with Crippen LogP contribution in [0.1, 0.15) is 37.3 Å². The van der Waals surface area contributed by atoms with Gasteiger partial charge in [-0.15, -0.1) is 0 Å². The van der Waals surface area contributed by atoms with E-state index in [1.54, 1.807) is 0 Å². The Morgan fingerprint density at radius 2 is 1.46 bits per heavy atom. The fourth-order valence-electron chi connectivity index (χ4n) is 3.48.